The van der Waals surface area contributed by atoms with Crippen LogP contribution in [0.4, 0.5) is 20.2 Å². The van der Waals surface area contributed by atoms with Crippen LogP contribution in [-0.2, 0) is 19.1 Å². The maximum absolute atomic E-state index is 14.1. The summed E-state index contributed by atoms with van der Waals surface area (Å²) in [4.78, 5) is 43.4. The molecule has 1 aromatic carbocycles. The van der Waals surface area contributed by atoms with Crippen molar-refractivity contribution in [3.8, 4) is 0 Å². The molecule has 2 N–H and O–H groups in total. The van der Waals surface area contributed by atoms with Crippen LogP contribution in [0.3, 0.4) is 0 Å². The van der Waals surface area contributed by atoms with Gasteiger partial charge in [-0.2, -0.15) is 0 Å². The Hall–Kier alpha value is -3.57. The van der Waals surface area contributed by atoms with Crippen molar-refractivity contribution in [1.82, 2.24) is 0 Å². The second-order valence-corrected chi connectivity index (χ2v) is 4.21. The van der Waals surface area contributed by atoms with Crippen molar-refractivity contribution in [1.29, 1.82) is 0 Å². The first-order valence-corrected chi connectivity index (χ1v) is 6.18. The molecule has 0 unspecified atom stereocenters. The van der Waals surface area contributed by atoms with Gasteiger partial charge in [-0.05, 0) is 0 Å². The van der Waals surface area contributed by atoms with Gasteiger partial charge in [0.1, 0.15) is 11.3 Å². The highest BCUT2D eigenvalue weighted by molar-refractivity contribution is 5.99. The number of carbonyl (C=O) groups is 3. The van der Waals surface area contributed by atoms with E-state index in [1.54, 1.807) is 0 Å². The zero-order valence-corrected chi connectivity index (χ0v) is 12.7. The highest BCUT2D eigenvalue weighted by Gasteiger charge is 2.30. The lowest BCUT2D eigenvalue weighted by Gasteiger charge is -2.11. The van der Waals surface area contributed by atoms with E-state index in [4.69, 9.17) is 5.11 Å². The van der Waals surface area contributed by atoms with Crippen LogP contribution >= 0.6 is 0 Å². The SMILES string of the molecule is COC(=O)/C=C(/Nc1c([N+](=O)[O-])cc(C(=O)O)c(F)c1F)C(=O)OC. The van der Waals surface area contributed by atoms with E-state index in [-0.39, 0.29) is 6.07 Å². The quantitative estimate of drug-likeness (QED) is 0.331. The Labute approximate surface area is 137 Å². The summed E-state index contributed by atoms with van der Waals surface area (Å²) in [6.45, 7) is 0. The highest BCUT2D eigenvalue weighted by Crippen LogP contribution is 2.33. The van der Waals surface area contributed by atoms with Crippen molar-refractivity contribution in [3.63, 3.8) is 0 Å². The van der Waals surface area contributed by atoms with Crippen molar-refractivity contribution in [2.45, 2.75) is 0 Å². The van der Waals surface area contributed by atoms with Gasteiger partial charge < -0.3 is 19.9 Å². The van der Waals surface area contributed by atoms with Gasteiger partial charge in [-0.3, -0.25) is 10.1 Å². The number of nitrogens with one attached hydrogen (secondary N) is 1. The normalized spacial score (nSPS) is 10.8. The predicted octanol–water partition coefficient (Wildman–Crippen LogP) is 1.21. The minimum Gasteiger partial charge on any atom is -0.478 e. The number of benzene rings is 1. The molecule has 0 aliphatic heterocycles. The number of rotatable bonds is 6. The molecule has 0 amide bonds. The van der Waals surface area contributed by atoms with Crippen molar-refractivity contribution >= 4 is 29.3 Å². The van der Waals surface area contributed by atoms with Crippen LogP contribution in [0.1, 0.15) is 10.4 Å². The largest absolute Gasteiger partial charge is 0.478 e. The number of carboxylic acids is 1. The average Bonchev–Trinajstić information content (AvgIpc) is 2.56. The zero-order valence-electron chi connectivity index (χ0n) is 12.7. The Balaban J connectivity index is 3.59. The van der Waals surface area contributed by atoms with Crippen LogP contribution in [0.5, 0.6) is 0 Å². The Kier molecular flexibility index (Phi) is 6.08. The van der Waals surface area contributed by atoms with E-state index in [9.17, 15) is 33.3 Å². The van der Waals surface area contributed by atoms with Gasteiger partial charge >= 0.3 is 17.9 Å². The molecule has 0 radical (unpaired) electrons. The Morgan fingerprint density at radius 3 is 2.28 bits per heavy atom. The molecule has 12 heteroatoms. The molecule has 0 saturated heterocycles. The minimum atomic E-state index is -1.94. The number of hydrogen-bond acceptors (Lipinski definition) is 8. The lowest BCUT2D eigenvalue weighted by Crippen LogP contribution is -2.18. The third kappa shape index (κ3) is 4.25. The third-order valence-electron chi connectivity index (χ3n) is 2.74. The number of nitrogens with zero attached hydrogens (tertiary/aromatic N) is 1. The zero-order chi connectivity index (χ0) is 19.3. The molecule has 0 heterocycles. The summed E-state index contributed by atoms with van der Waals surface area (Å²) in [5.74, 6) is -8.13. The lowest BCUT2D eigenvalue weighted by atomic mass is 10.1. The van der Waals surface area contributed by atoms with E-state index >= 15 is 0 Å². The topological polar surface area (TPSA) is 145 Å². The minimum absolute atomic E-state index is 0.260. The summed E-state index contributed by atoms with van der Waals surface area (Å²) >= 11 is 0. The summed E-state index contributed by atoms with van der Waals surface area (Å²) < 4.78 is 36.4. The summed E-state index contributed by atoms with van der Waals surface area (Å²) in [6, 6.07) is 0.260. The van der Waals surface area contributed by atoms with Crippen LogP contribution in [0, 0.1) is 21.7 Å². The molecule has 134 valence electrons. The predicted molar refractivity (Wildman–Crippen MR) is 75.7 cm³/mol. The molecule has 0 bridgehead atoms. The van der Waals surface area contributed by atoms with Gasteiger partial charge in [0.15, 0.2) is 17.3 Å². The fourth-order valence-corrected chi connectivity index (χ4v) is 1.60. The molecule has 10 nitrogen and oxygen atoms in total. The van der Waals surface area contributed by atoms with Crippen LogP contribution in [0.25, 0.3) is 0 Å². The first-order valence-electron chi connectivity index (χ1n) is 6.18. The fraction of sp³-hybridized carbons (Fsp3) is 0.154. The maximum atomic E-state index is 14.1. The molecule has 0 aliphatic rings. The smallest absolute Gasteiger partial charge is 0.354 e. The fourth-order valence-electron chi connectivity index (χ4n) is 1.60. The van der Waals surface area contributed by atoms with Crippen molar-refractivity contribution in [2.75, 3.05) is 19.5 Å². The number of aromatic carboxylic acids is 1. The van der Waals surface area contributed by atoms with Crippen molar-refractivity contribution in [3.05, 3.63) is 45.2 Å². The number of methoxy groups -OCH3 is 2. The number of anilines is 1. The number of nitro benzene ring substituents is 1. The first kappa shape index (κ1) is 19.5. The van der Waals surface area contributed by atoms with Gasteiger partial charge in [0.2, 0.25) is 0 Å². The summed E-state index contributed by atoms with van der Waals surface area (Å²) in [6.07, 6.45) is 0.484. The molecule has 1 rings (SSSR count). The maximum Gasteiger partial charge on any atom is 0.354 e. The van der Waals surface area contributed by atoms with Crippen LogP contribution in [-0.4, -0.2) is 42.2 Å². The highest BCUT2D eigenvalue weighted by atomic mass is 19.2. The monoisotopic (exact) mass is 360 g/mol. The Morgan fingerprint density at radius 1 is 1.24 bits per heavy atom. The molecule has 0 saturated carbocycles. The van der Waals surface area contributed by atoms with Crippen LogP contribution in [0.2, 0.25) is 0 Å². The van der Waals surface area contributed by atoms with Crippen LogP contribution < -0.4 is 5.32 Å². The molecular weight excluding hydrogens is 350 g/mol. The summed E-state index contributed by atoms with van der Waals surface area (Å²) in [7, 11) is 1.85. The molecule has 0 atom stereocenters. The van der Waals surface area contributed by atoms with E-state index in [0.29, 0.717) is 6.08 Å². The number of esters is 2. The lowest BCUT2D eigenvalue weighted by molar-refractivity contribution is -0.384. The number of carbonyl (C=O) groups excluding carboxylic acids is 2. The van der Waals surface area contributed by atoms with Crippen LogP contribution in [0.15, 0.2) is 17.8 Å². The van der Waals surface area contributed by atoms with E-state index in [1.165, 1.54) is 0 Å². The molecule has 0 fully saturated rings. The molecule has 0 aliphatic carbocycles. The van der Waals surface area contributed by atoms with Gasteiger partial charge in [0.25, 0.3) is 5.69 Å². The van der Waals surface area contributed by atoms with Crippen molar-refractivity contribution < 1.29 is 42.7 Å². The number of nitro groups is 1. The van der Waals surface area contributed by atoms with Gasteiger partial charge in [0, 0.05) is 6.07 Å². The summed E-state index contributed by atoms with van der Waals surface area (Å²) in [5, 5.41) is 21.6. The van der Waals surface area contributed by atoms with Crippen molar-refractivity contribution in [2.24, 2.45) is 0 Å². The number of ether oxygens (including phenoxy) is 2. The second-order valence-electron chi connectivity index (χ2n) is 4.21. The van der Waals surface area contributed by atoms with Gasteiger partial charge in [-0.15, -0.1) is 0 Å². The number of hydrogen-bond donors (Lipinski definition) is 2. The molecule has 25 heavy (non-hydrogen) atoms. The van der Waals surface area contributed by atoms with E-state index in [1.807, 2.05) is 5.32 Å². The molecular formula is C13H10F2N2O8. The van der Waals surface area contributed by atoms with E-state index < -0.39 is 57.1 Å². The Bertz CT molecular complexity index is 791. The average molecular weight is 360 g/mol. The van der Waals surface area contributed by atoms with Gasteiger partial charge in [0.05, 0.1) is 25.2 Å². The third-order valence-corrected chi connectivity index (χ3v) is 2.74. The van der Waals surface area contributed by atoms with E-state index in [2.05, 4.69) is 9.47 Å². The number of carboxylic acid groups (broad SMARTS) is 1. The van der Waals surface area contributed by atoms with Gasteiger partial charge in [-0.25, -0.2) is 23.2 Å². The molecule has 0 aromatic heterocycles. The second kappa shape index (κ2) is 7.81. The number of halogens is 2. The summed E-state index contributed by atoms with van der Waals surface area (Å²) in [5.41, 5.74) is -4.45. The van der Waals surface area contributed by atoms with Gasteiger partial charge in [-0.1, -0.05) is 0 Å². The Morgan fingerprint density at radius 2 is 1.84 bits per heavy atom. The van der Waals surface area contributed by atoms with E-state index in [0.717, 1.165) is 14.2 Å². The standard InChI is InChI=1S/C13H10F2N2O8/c1-24-8(18)4-6(13(21)25-2)16-11-7(17(22)23)3-5(12(19)20)9(14)10(11)15/h3-4,16H,1-2H3,(H,19,20)/b6-4+. The molecule has 1 aromatic rings. The first-order chi connectivity index (χ1) is 11.6. The molecule has 0 spiro atoms.